The first-order valence-corrected chi connectivity index (χ1v) is 11.4. The van der Waals surface area contributed by atoms with E-state index >= 15 is 0 Å². The molecule has 10 heteroatoms. The molecule has 2 aromatic rings. The molecular weight excluding hydrogens is 465 g/mol. The van der Waals surface area contributed by atoms with E-state index in [1.807, 2.05) is 0 Å². The molecule has 2 heterocycles. The smallest absolute Gasteiger partial charge is 0.341 e. The van der Waals surface area contributed by atoms with E-state index in [0.29, 0.717) is 41.1 Å². The monoisotopic (exact) mass is 491 g/mol. The first-order chi connectivity index (χ1) is 17.3. The van der Waals surface area contributed by atoms with Gasteiger partial charge in [0, 0.05) is 30.9 Å². The van der Waals surface area contributed by atoms with Crippen molar-refractivity contribution in [2.45, 2.75) is 37.3 Å². The third kappa shape index (κ3) is 5.87. The number of aliphatic imine (C=N–C) groups is 1. The predicted octanol–water partition coefficient (Wildman–Crippen LogP) is 2.08. The van der Waals surface area contributed by atoms with Crippen molar-refractivity contribution in [1.29, 1.82) is 0 Å². The fourth-order valence-corrected chi connectivity index (χ4v) is 3.74. The number of nitrogens with zero attached hydrogens (tertiary/aromatic N) is 3. The number of aromatic nitrogens is 1. The van der Waals surface area contributed by atoms with Gasteiger partial charge in [-0.15, -0.1) is 0 Å². The van der Waals surface area contributed by atoms with Crippen LogP contribution in [0.15, 0.2) is 53.2 Å². The van der Waals surface area contributed by atoms with E-state index in [2.05, 4.69) is 27.1 Å². The maximum Gasteiger partial charge on any atom is 0.341 e. The van der Waals surface area contributed by atoms with E-state index in [9.17, 15) is 19.1 Å². The van der Waals surface area contributed by atoms with Crippen molar-refractivity contribution in [2.75, 3.05) is 18.6 Å². The Morgan fingerprint density at radius 2 is 2.22 bits per heavy atom. The zero-order chi connectivity index (χ0) is 25.7. The summed E-state index contributed by atoms with van der Waals surface area (Å²) < 4.78 is 19.1. The molecule has 0 bridgehead atoms. The van der Waals surface area contributed by atoms with Gasteiger partial charge in [0.05, 0.1) is 5.69 Å². The lowest BCUT2D eigenvalue weighted by atomic mass is 9.81. The molecule has 1 atom stereocenters. The molecule has 4 rings (SSSR count). The Hall–Kier alpha value is -4.23. The van der Waals surface area contributed by atoms with Crippen molar-refractivity contribution in [3.8, 4) is 17.6 Å². The summed E-state index contributed by atoms with van der Waals surface area (Å²) in [5.41, 5.74) is 6.67. The van der Waals surface area contributed by atoms with Crippen molar-refractivity contribution in [2.24, 2.45) is 10.7 Å². The van der Waals surface area contributed by atoms with Gasteiger partial charge in [0.2, 0.25) is 5.95 Å². The molecule has 1 aliphatic heterocycles. The lowest BCUT2D eigenvalue weighted by Crippen LogP contribution is -2.48. The molecule has 3 amide bonds. The number of amides is 3. The van der Waals surface area contributed by atoms with Gasteiger partial charge in [-0.25, -0.2) is 14.8 Å². The number of benzene rings is 1. The summed E-state index contributed by atoms with van der Waals surface area (Å²) >= 11 is 0. The van der Waals surface area contributed by atoms with E-state index in [-0.39, 0.29) is 13.0 Å². The van der Waals surface area contributed by atoms with Crippen LogP contribution in [0.3, 0.4) is 0 Å². The van der Waals surface area contributed by atoms with Crippen molar-refractivity contribution in [1.82, 2.24) is 10.3 Å². The molecule has 186 valence electrons. The molecule has 2 aliphatic rings. The van der Waals surface area contributed by atoms with Gasteiger partial charge in [-0.1, -0.05) is 17.9 Å². The molecule has 0 spiro atoms. The van der Waals surface area contributed by atoms with Crippen LogP contribution in [-0.2, 0) is 11.2 Å². The molecule has 9 nitrogen and oxygen atoms in total. The van der Waals surface area contributed by atoms with Gasteiger partial charge < -0.3 is 25.8 Å². The SMILES string of the molecule is CN1C(=O)[C@@H](NC(=O)N=CC(=CN)Cc2cccc(F)n2)COc2ccc(C#CC3(O)CCC3)cc21. The Kier molecular flexibility index (Phi) is 7.31. The number of anilines is 1. The number of carbonyl (C=O) groups excluding carboxylic acids is 2. The molecular formula is C26H26FN5O4. The number of hydrogen-bond donors (Lipinski definition) is 3. The molecule has 1 saturated carbocycles. The number of likely N-dealkylation sites (N-methyl/N-ethyl adjacent to an activating group) is 1. The second kappa shape index (κ2) is 10.6. The van der Waals surface area contributed by atoms with Crippen LogP contribution in [0.25, 0.3) is 0 Å². The standard InChI is InChI=1S/C26H26FN5O4/c1-32-21-13-17(8-11-26(35)9-3-10-26)6-7-22(21)36-16-20(24(32)33)31-25(34)29-15-18(14-28)12-19-4-2-5-23(27)30-19/h2,4-7,13-15,20,35H,3,9-10,12,16,28H2,1H3,(H,31,34)/t20-/m0/s1. The highest BCUT2D eigenvalue weighted by atomic mass is 19.1. The summed E-state index contributed by atoms with van der Waals surface area (Å²) in [6, 6.07) is 7.81. The van der Waals surface area contributed by atoms with Gasteiger partial charge in [0.1, 0.15) is 24.0 Å². The topological polar surface area (TPSA) is 130 Å². The zero-order valence-corrected chi connectivity index (χ0v) is 19.7. The summed E-state index contributed by atoms with van der Waals surface area (Å²) in [6.45, 7) is -0.0883. The predicted molar refractivity (Wildman–Crippen MR) is 132 cm³/mol. The van der Waals surface area contributed by atoms with Crippen LogP contribution >= 0.6 is 0 Å². The van der Waals surface area contributed by atoms with Crippen LogP contribution in [0, 0.1) is 17.8 Å². The van der Waals surface area contributed by atoms with E-state index < -0.39 is 29.5 Å². The second-order valence-electron chi connectivity index (χ2n) is 8.66. The molecule has 1 aliphatic carbocycles. The summed E-state index contributed by atoms with van der Waals surface area (Å²) in [7, 11) is 1.58. The number of halogens is 1. The lowest BCUT2D eigenvalue weighted by molar-refractivity contribution is -0.120. The maximum absolute atomic E-state index is 13.3. The average molecular weight is 492 g/mol. The minimum absolute atomic E-state index is 0.0883. The molecule has 1 fully saturated rings. The summed E-state index contributed by atoms with van der Waals surface area (Å²) in [4.78, 5) is 34.4. The Morgan fingerprint density at radius 1 is 1.42 bits per heavy atom. The normalized spacial score (nSPS) is 18.9. The Bertz CT molecular complexity index is 1290. The largest absolute Gasteiger partial charge is 0.489 e. The lowest BCUT2D eigenvalue weighted by Gasteiger charge is -2.30. The zero-order valence-electron chi connectivity index (χ0n) is 19.7. The summed E-state index contributed by atoms with van der Waals surface area (Å²) in [5, 5.41) is 12.7. The van der Waals surface area contributed by atoms with Crippen LogP contribution in [0.1, 0.15) is 30.5 Å². The van der Waals surface area contributed by atoms with E-state index in [1.165, 1.54) is 29.4 Å². The Labute approximate surface area is 207 Å². The number of pyridine rings is 1. The fraction of sp³-hybridized carbons (Fsp3) is 0.308. The molecule has 1 aromatic carbocycles. The fourth-order valence-electron chi connectivity index (χ4n) is 3.74. The molecule has 0 saturated heterocycles. The number of carbonyl (C=O) groups is 2. The van der Waals surface area contributed by atoms with Crippen molar-refractivity contribution < 1.29 is 23.8 Å². The number of ether oxygens (including phenoxy) is 1. The van der Waals surface area contributed by atoms with Crippen LogP contribution in [0.5, 0.6) is 5.75 Å². The number of nitrogens with two attached hydrogens (primary N) is 1. The Morgan fingerprint density at radius 3 is 2.92 bits per heavy atom. The third-order valence-corrected chi connectivity index (χ3v) is 5.99. The third-order valence-electron chi connectivity index (χ3n) is 5.99. The van der Waals surface area contributed by atoms with Crippen molar-refractivity contribution in [3.05, 3.63) is 65.4 Å². The second-order valence-corrected chi connectivity index (χ2v) is 8.66. The van der Waals surface area contributed by atoms with E-state index in [1.54, 1.807) is 31.3 Å². The van der Waals surface area contributed by atoms with Crippen LogP contribution in [0.2, 0.25) is 0 Å². The number of allylic oxidation sites excluding steroid dienone is 1. The number of hydrogen-bond acceptors (Lipinski definition) is 6. The van der Waals surface area contributed by atoms with E-state index in [0.717, 1.165) is 6.42 Å². The summed E-state index contributed by atoms with van der Waals surface area (Å²) in [5.74, 6) is 5.32. The molecule has 0 unspecified atom stereocenters. The first kappa shape index (κ1) is 24.9. The highest BCUT2D eigenvalue weighted by molar-refractivity contribution is 6.01. The van der Waals surface area contributed by atoms with Crippen molar-refractivity contribution >= 4 is 23.8 Å². The minimum Gasteiger partial charge on any atom is -0.489 e. The van der Waals surface area contributed by atoms with Gasteiger partial charge in [0.25, 0.3) is 5.91 Å². The van der Waals surface area contributed by atoms with Gasteiger partial charge >= 0.3 is 6.03 Å². The summed E-state index contributed by atoms with van der Waals surface area (Å²) in [6.07, 6.45) is 4.92. The molecule has 0 radical (unpaired) electrons. The van der Waals surface area contributed by atoms with Gasteiger partial charge in [-0.05, 0) is 61.4 Å². The van der Waals surface area contributed by atoms with Gasteiger partial charge in [0.15, 0.2) is 0 Å². The first-order valence-electron chi connectivity index (χ1n) is 11.4. The van der Waals surface area contributed by atoms with Crippen LogP contribution in [-0.4, -0.2) is 53.5 Å². The molecule has 1 aromatic heterocycles. The highest BCUT2D eigenvalue weighted by Crippen LogP contribution is 2.33. The van der Waals surface area contributed by atoms with Crippen molar-refractivity contribution in [3.63, 3.8) is 0 Å². The average Bonchev–Trinajstić information content (AvgIpc) is 2.96. The van der Waals surface area contributed by atoms with Crippen LogP contribution in [0.4, 0.5) is 14.9 Å². The Balaban J connectivity index is 1.40. The van der Waals surface area contributed by atoms with Gasteiger partial charge in [-0.2, -0.15) is 4.39 Å². The number of nitrogens with one attached hydrogen (secondary N) is 1. The van der Waals surface area contributed by atoms with Gasteiger partial charge in [-0.3, -0.25) is 4.79 Å². The number of rotatable bonds is 4. The number of fused-ring (bicyclic) bond motifs is 1. The minimum atomic E-state index is -0.979. The van der Waals surface area contributed by atoms with E-state index in [4.69, 9.17) is 10.5 Å². The highest BCUT2D eigenvalue weighted by Gasteiger charge is 2.32. The molecule has 4 N–H and O–H groups in total. The molecule has 36 heavy (non-hydrogen) atoms. The maximum atomic E-state index is 13.3. The number of aliphatic hydroxyl groups is 1. The number of urea groups is 1. The quantitative estimate of drug-likeness (QED) is 0.341. The van der Waals surface area contributed by atoms with Crippen LogP contribution < -0.4 is 20.7 Å².